The zero-order valence-corrected chi connectivity index (χ0v) is 13.2. The number of unbranched alkanes of at least 4 members (excludes halogenated alkanes) is 1. The van der Waals surface area contributed by atoms with Gasteiger partial charge in [-0.3, -0.25) is 9.89 Å². The van der Waals surface area contributed by atoms with E-state index in [1.54, 1.807) is 11.8 Å². The molecule has 3 N–H and O–H groups in total. The van der Waals surface area contributed by atoms with Crippen LogP contribution in [-0.4, -0.2) is 42.0 Å². The predicted octanol–water partition coefficient (Wildman–Crippen LogP) is 1.02. The van der Waals surface area contributed by atoms with Crippen molar-refractivity contribution in [2.75, 3.05) is 6.54 Å². The molecule has 21 heavy (non-hydrogen) atoms. The molecule has 1 amide bonds. The maximum Gasteiger partial charge on any atom is 0.276 e. The van der Waals surface area contributed by atoms with E-state index in [1.165, 1.54) is 0 Å². The van der Waals surface area contributed by atoms with Crippen LogP contribution in [0.1, 0.15) is 55.7 Å². The predicted molar refractivity (Wildman–Crippen MR) is 78.3 cm³/mol. The number of primary sulfonamides is 1. The summed E-state index contributed by atoms with van der Waals surface area (Å²) in [4.78, 5) is 14.2. The zero-order valence-electron chi connectivity index (χ0n) is 12.4. The molecule has 0 unspecified atom stereocenters. The summed E-state index contributed by atoms with van der Waals surface area (Å²) < 4.78 is 23.5. The SMILES string of the molecule is CCCCN(C(=O)c1n[nH]c(CC)c1S(N)(=O)=O)C1CC1. The number of carbonyl (C=O) groups excluding carboxylic acids is 1. The number of sulfonamides is 1. The van der Waals surface area contributed by atoms with E-state index < -0.39 is 10.0 Å². The van der Waals surface area contributed by atoms with Gasteiger partial charge in [-0.2, -0.15) is 5.10 Å². The number of hydrogen-bond acceptors (Lipinski definition) is 4. The first kappa shape index (κ1) is 16.0. The molecule has 1 heterocycles. The van der Waals surface area contributed by atoms with Crippen LogP contribution < -0.4 is 5.14 Å². The van der Waals surface area contributed by atoms with Gasteiger partial charge in [-0.15, -0.1) is 0 Å². The van der Waals surface area contributed by atoms with Crippen LogP contribution in [0.3, 0.4) is 0 Å². The number of carbonyl (C=O) groups is 1. The van der Waals surface area contributed by atoms with Crippen LogP contribution in [0.15, 0.2) is 4.90 Å². The molecule has 0 saturated heterocycles. The Morgan fingerprint density at radius 1 is 1.43 bits per heavy atom. The third-order valence-electron chi connectivity index (χ3n) is 3.63. The van der Waals surface area contributed by atoms with Gasteiger partial charge in [-0.1, -0.05) is 20.3 Å². The lowest BCUT2D eigenvalue weighted by Crippen LogP contribution is -2.35. The summed E-state index contributed by atoms with van der Waals surface area (Å²) in [6.07, 6.45) is 4.21. The number of nitrogens with two attached hydrogens (primary N) is 1. The standard InChI is InChI=1S/C13H22N4O3S/c1-3-5-8-17(9-6-7-9)13(18)11-12(21(14,19)20)10(4-2)15-16-11/h9H,3-8H2,1-2H3,(H,15,16)(H2,14,19,20). The molecule has 1 aliphatic carbocycles. The summed E-state index contributed by atoms with van der Waals surface area (Å²) in [5.41, 5.74) is 0.310. The van der Waals surface area contributed by atoms with Crippen molar-refractivity contribution in [3.05, 3.63) is 11.4 Å². The van der Waals surface area contributed by atoms with Gasteiger partial charge in [0.05, 0.1) is 5.69 Å². The third kappa shape index (κ3) is 3.44. The van der Waals surface area contributed by atoms with Gasteiger partial charge in [-0.05, 0) is 25.7 Å². The van der Waals surface area contributed by atoms with Crippen molar-refractivity contribution >= 4 is 15.9 Å². The Morgan fingerprint density at radius 3 is 2.57 bits per heavy atom. The van der Waals surface area contributed by atoms with E-state index in [9.17, 15) is 13.2 Å². The van der Waals surface area contributed by atoms with Crippen LogP contribution in [0, 0.1) is 0 Å². The van der Waals surface area contributed by atoms with E-state index in [2.05, 4.69) is 17.1 Å². The number of rotatable bonds is 7. The number of aromatic amines is 1. The second kappa shape index (κ2) is 6.15. The van der Waals surface area contributed by atoms with Crippen LogP contribution >= 0.6 is 0 Å². The average molecular weight is 314 g/mol. The summed E-state index contributed by atoms with van der Waals surface area (Å²) >= 11 is 0. The monoisotopic (exact) mass is 314 g/mol. The molecule has 0 bridgehead atoms. The summed E-state index contributed by atoms with van der Waals surface area (Å²) in [5, 5.41) is 11.8. The molecular formula is C13H22N4O3S. The number of aryl methyl sites for hydroxylation is 1. The normalized spacial score (nSPS) is 15.2. The zero-order chi connectivity index (χ0) is 15.6. The highest BCUT2D eigenvalue weighted by atomic mass is 32.2. The van der Waals surface area contributed by atoms with Crippen molar-refractivity contribution in [3.63, 3.8) is 0 Å². The highest BCUT2D eigenvalue weighted by molar-refractivity contribution is 7.89. The minimum Gasteiger partial charge on any atom is -0.334 e. The van der Waals surface area contributed by atoms with Crippen LogP contribution in [0.2, 0.25) is 0 Å². The van der Waals surface area contributed by atoms with Crippen molar-refractivity contribution in [2.45, 2.75) is 56.9 Å². The number of hydrogen-bond donors (Lipinski definition) is 2. The van der Waals surface area contributed by atoms with Crippen molar-refractivity contribution < 1.29 is 13.2 Å². The van der Waals surface area contributed by atoms with Crippen molar-refractivity contribution in [3.8, 4) is 0 Å². The second-order valence-electron chi connectivity index (χ2n) is 5.36. The van der Waals surface area contributed by atoms with Gasteiger partial charge in [0, 0.05) is 12.6 Å². The first-order valence-electron chi connectivity index (χ1n) is 7.31. The highest BCUT2D eigenvalue weighted by Gasteiger charge is 2.36. The van der Waals surface area contributed by atoms with Crippen LogP contribution in [-0.2, 0) is 16.4 Å². The smallest absolute Gasteiger partial charge is 0.276 e. The summed E-state index contributed by atoms with van der Waals surface area (Å²) in [6, 6.07) is 0.208. The maximum atomic E-state index is 12.7. The fourth-order valence-electron chi connectivity index (χ4n) is 2.36. The van der Waals surface area contributed by atoms with Gasteiger partial charge >= 0.3 is 0 Å². The van der Waals surface area contributed by atoms with E-state index in [0.717, 1.165) is 25.7 Å². The minimum absolute atomic E-state index is 0.0719. The fourth-order valence-corrected chi connectivity index (χ4v) is 3.30. The molecule has 1 aromatic heterocycles. The summed E-state index contributed by atoms with van der Waals surface area (Å²) in [7, 11) is -3.98. The number of H-pyrrole nitrogens is 1. The lowest BCUT2D eigenvalue weighted by molar-refractivity contribution is 0.0730. The molecule has 1 saturated carbocycles. The van der Waals surface area contributed by atoms with Crippen LogP contribution in [0.25, 0.3) is 0 Å². The largest absolute Gasteiger partial charge is 0.334 e. The quantitative estimate of drug-likeness (QED) is 0.783. The number of aromatic nitrogens is 2. The van der Waals surface area contributed by atoms with Crippen LogP contribution in [0.4, 0.5) is 0 Å². The lowest BCUT2D eigenvalue weighted by atomic mass is 10.2. The molecule has 7 nitrogen and oxygen atoms in total. The van der Waals surface area contributed by atoms with E-state index in [4.69, 9.17) is 5.14 Å². The molecule has 0 aliphatic heterocycles. The molecule has 0 atom stereocenters. The summed E-state index contributed by atoms with van der Waals surface area (Å²) in [6.45, 7) is 4.46. The van der Waals surface area contributed by atoms with Gasteiger partial charge in [0.1, 0.15) is 4.90 Å². The summed E-state index contributed by atoms with van der Waals surface area (Å²) in [5.74, 6) is -0.342. The Balaban J connectivity index is 2.36. The Hall–Kier alpha value is -1.41. The Labute approximate surface area is 124 Å². The first-order valence-corrected chi connectivity index (χ1v) is 8.85. The molecule has 0 spiro atoms. The number of nitrogens with zero attached hydrogens (tertiary/aromatic N) is 2. The van der Waals surface area contributed by atoms with E-state index in [0.29, 0.717) is 18.7 Å². The number of amides is 1. The molecule has 8 heteroatoms. The molecule has 2 rings (SSSR count). The maximum absolute atomic E-state index is 12.7. The van der Waals surface area contributed by atoms with Crippen molar-refractivity contribution in [2.24, 2.45) is 5.14 Å². The van der Waals surface area contributed by atoms with Crippen LogP contribution in [0.5, 0.6) is 0 Å². The van der Waals surface area contributed by atoms with Gasteiger partial charge in [0.25, 0.3) is 5.91 Å². The Bertz CT molecular complexity index is 619. The molecule has 0 aromatic carbocycles. The average Bonchev–Trinajstić information content (AvgIpc) is 3.15. The highest BCUT2D eigenvalue weighted by Crippen LogP contribution is 2.30. The first-order chi connectivity index (χ1) is 9.90. The number of nitrogens with one attached hydrogen (secondary N) is 1. The molecular weight excluding hydrogens is 292 g/mol. The Morgan fingerprint density at radius 2 is 2.10 bits per heavy atom. The van der Waals surface area contributed by atoms with Crippen molar-refractivity contribution in [1.29, 1.82) is 0 Å². The second-order valence-corrected chi connectivity index (χ2v) is 6.86. The fraction of sp³-hybridized carbons (Fsp3) is 0.692. The third-order valence-corrected chi connectivity index (χ3v) is 4.64. The van der Waals surface area contributed by atoms with Crippen molar-refractivity contribution in [1.82, 2.24) is 15.1 Å². The molecule has 118 valence electrons. The van der Waals surface area contributed by atoms with Gasteiger partial charge in [-0.25, -0.2) is 13.6 Å². The topological polar surface area (TPSA) is 109 Å². The Kier molecular flexibility index (Phi) is 4.67. The molecule has 1 fully saturated rings. The van der Waals surface area contributed by atoms with Gasteiger partial charge in [0.2, 0.25) is 10.0 Å². The molecule has 1 aliphatic rings. The molecule has 1 aromatic rings. The minimum atomic E-state index is -3.98. The van der Waals surface area contributed by atoms with Gasteiger partial charge < -0.3 is 4.90 Å². The van der Waals surface area contributed by atoms with E-state index >= 15 is 0 Å². The van der Waals surface area contributed by atoms with Gasteiger partial charge in [0.15, 0.2) is 5.69 Å². The molecule has 0 radical (unpaired) electrons. The van der Waals surface area contributed by atoms with E-state index in [-0.39, 0.29) is 22.5 Å². The van der Waals surface area contributed by atoms with E-state index in [1.807, 2.05) is 0 Å². The lowest BCUT2D eigenvalue weighted by Gasteiger charge is -2.21.